The molecular formula is C74H64Cl3F3N12O9. The van der Waals surface area contributed by atoms with Crippen LogP contribution in [0.25, 0.3) is 21.5 Å². The second-order valence-electron chi connectivity index (χ2n) is 23.2. The van der Waals surface area contributed by atoms with Gasteiger partial charge in [0.1, 0.15) is 51.2 Å². The van der Waals surface area contributed by atoms with Crippen molar-refractivity contribution in [2.75, 3.05) is 53.9 Å². The molecule has 0 unspecified atom stereocenters. The number of alkyl halides is 3. The van der Waals surface area contributed by atoms with E-state index >= 15 is 0 Å². The van der Waals surface area contributed by atoms with Crippen molar-refractivity contribution in [1.82, 2.24) is 29.9 Å². The highest BCUT2D eigenvalue weighted by atomic mass is 35.5. The molecule has 0 fully saturated rings. The Kier molecular flexibility index (Phi) is 24.6. The minimum absolute atomic E-state index is 0.0293. The lowest BCUT2D eigenvalue weighted by molar-refractivity contribution is -0.138. The SMILES string of the molecule is CN(C)c1nc(Cc2ccc(NC(=O)OCc3ccc(C(F)(F)F)cc3)cc2)ncc1CC(=O)O.CN(C)c1nc(Cc2ccc(NC(=O)c3ccc4ccccc4c3)cc2)nc(Cl)c1CC(N)=O.O=C(O)Cc1c(Cl)nc(Cc2ccc(NC(=O)c3ccc4ccccc4c3)cc2)nc1Cl. The van der Waals surface area contributed by atoms with E-state index < -0.39 is 35.7 Å². The number of hydrogen-bond donors (Lipinski definition) is 6. The standard InChI is InChI=1S/C26H24ClN5O2.C24H17Cl2N3O3.C24H23F3N4O4/c1-32(2)25-21(15-22(28)33)24(27)30-23(31-25)13-16-7-11-20(12-8-16)29-26(34)19-10-9-17-5-3-4-6-18(17)14-19;25-22-19(13-21(30)31)23(26)29-20(28-22)11-14-5-9-18(10-6-14)27-24(32)17-8-7-15-3-1-2-4-16(15)12-17;1-31(2)22-17(12-21(32)33)13-28-20(30-22)11-15-5-9-19(10-6-15)29-23(34)35-14-16-3-7-18(8-4-16)24(25,26)27/h3-12,14H,13,15H2,1-2H3,(H2,28,33)(H,29,34);1-10,12H,11,13H2,(H,27,32)(H,30,31);3-10,13H,11-12,14H2,1-2H3,(H,29,34)(H,32,33). The van der Waals surface area contributed by atoms with Crippen molar-refractivity contribution in [3.05, 3.63) is 277 Å². The molecular weight excluding hydrogens is 1360 g/mol. The Morgan fingerprint density at radius 3 is 1.32 bits per heavy atom. The number of hydrogen-bond acceptors (Lipinski definition) is 15. The van der Waals surface area contributed by atoms with Crippen LogP contribution in [0.3, 0.4) is 0 Å². The van der Waals surface area contributed by atoms with E-state index in [4.69, 9.17) is 55.5 Å². The number of rotatable bonds is 21. The number of carbonyl (C=O) groups is 6. The van der Waals surface area contributed by atoms with Crippen LogP contribution in [-0.4, -0.2) is 104 Å². The molecule has 3 heterocycles. The molecule has 8 aromatic carbocycles. The summed E-state index contributed by atoms with van der Waals surface area (Å²) in [6, 6.07) is 53.0. The van der Waals surface area contributed by atoms with Gasteiger partial charge in [0.25, 0.3) is 11.8 Å². The minimum atomic E-state index is -4.42. The summed E-state index contributed by atoms with van der Waals surface area (Å²) in [7, 11) is 7.18. The second-order valence-corrected chi connectivity index (χ2v) is 24.3. The van der Waals surface area contributed by atoms with Gasteiger partial charge in [-0.05, 0) is 117 Å². The third-order valence-electron chi connectivity index (χ3n) is 15.1. The number of carboxylic acids is 2. The van der Waals surface area contributed by atoms with Crippen molar-refractivity contribution >= 4 is 121 Å². The Hall–Kier alpha value is -11.6. The van der Waals surface area contributed by atoms with E-state index in [-0.39, 0.29) is 58.7 Å². The Labute approximate surface area is 592 Å². The van der Waals surface area contributed by atoms with E-state index in [1.165, 1.54) is 18.3 Å². The number of carbonyl (C=O) groups excluding carboxylic acids is 4. The van der Waals surface area contributed by atoms with Crippen molar-refractivity contribution in [3.63, 3.8) is 0 Å². The van der Waals surface area contributed by atoms with Crippen LogP contribution in [0.15, 0.2) is 188 Å². The summed E-state index contributed by atoms with van der Waals surface area (Å²) in [4.78, 5) is 100. The number of halogens is 6. The van der Waals surface area contributed by atoms with Gasteiger partial charge < -0.3 is 41.1 Å². The zero-order chi connectivity index (χ0) is 72.5. The molecule has 0 aliphatic rings. The number of benzene rings is 8. The molecule has 0 radical (unpaired) electrons. The number of aromatic nitrogens is 6. The van der Waals surface area contributed by atoms with E-state index in [0.717, 1.165) is 50.4 Å². The third-order valence-corrected chi connectivity index (χ3v) is 16.0. The number of aliphatic carboxylic acids is 2. The zero-order valence-electron chi connectivity index (χ0n) is 54.5. The fourth-order valence-corrected chi connectivity index (χ4v) is 10.9. The van der Waals surface area contributed by atoms with Gasteiger partial charge >= 0.3 is 24.2 Å². The summed E-state index contributed by atoms with van der Waals surface area (Å²) in [5.41, 5.74) is 11.9. The third kappa shape index (κ3) is 21.2. The van der Waals surface area contributed by atoms with Crippen LogP contribution < -0.4 is 31.5 Å². The van der Waals surface area contributed by atoms with Gasteiger partial charge in [0.05, 0.1) is 24.8 Å². The van der Waals surface area contributed by atoms with Gasteiger partial charge in [0.2, 0.25) is 5.91 Å². The smallest absolute Gasteiger partial charge is 0.416 e. The van der Waals surface area contributed by atoms with E-state index in [2.05, 4.69) is 45.9 Å². The predicted molar refractivity (Wildman–Crippen MR) is 382 cm³/mol. The summed E-state index contributed by atoms with van der Waals surface area (Å²) in [6.07, 6.45) is -3.02. The van der Waals surface area contributed by atoms with Crippen LogP contribution in [0.4, 0.5) is 46.7 Å². The summed E-state index contributed by atoms with van der Waals surface area (Å²) in [5, 5.41) is 30.8. The molecule has 21 nitrogen and oxygen atoms in total. The molecule has 0 bridgehead atoms. The fraction of sp³-hybridized carbons (Fsp3) is 0.162. The average Bonchev–Trinajstić information content (AvgIpc) is 0.869. The summed E-state index contributed by atoms with van der Waals surface area (Å²) in [5.74, 6) is -0.385. The van der Waals surface area contributed by atoms with Gasteiger partial charge in [-0.25, -0.2) is 34.7 Å². The van der Waals surface area contributed by atoms with E-state index in [9.17, 15) is 41.9 Å². The van der Waals surface area contributed by atoms with Gasteiger partial charge in [-0.3, -0.25) is 29.3 Å². The van der Waals surface area contributed by atoms with Gasteiger partial charge in [-0.1, -0.05) is 144 Å². The Bertz CT molecular complexity index is 4820. The lowest BCUT2D eigenvalue weighted by atomic mass is 10.1. The molecule has 516 valence electrons. The second kappa shape index (κ2) is 33.8. The lowest BCUT2D eigenvalue weighted by Gasteiger charge is -2.17. The first-order valence-electron chi connectivity index (χ1n) is 30.8. The van der Waals surface area contributed by atoms with E-state index in [1.54, 1.807) is 66.4 Å². The first kappa shape index (κ1) is 73.6. The largest absolute Gasteiger partial charge is 0.481 e. The molecule has 0 spiro atoms. The van der Waals surface area contributed by atoms with Crippen LogP contribution in [0.1, 0.15) is 82.7 Å². The number of nitrogens with zero attached hydrogens (tertiary/aromatic N) is 8. The Morgan fingerprint density at radius 1 is 0.475 bits per heavy atom. The molecule has 7 N–H and O–H groups in total. The fourth-order valence-electron chi connectivity index (χ4n) is 10.1. The topological polar surface area (TPSA) is 298 Å². The van der Waals surface area contributed by atoms with Gasteiger partial charge in [0.15, 0.2) is 0 Å². The first-order chi connectivity index (χ1) is 48.2. The van der Waals surface area contributed by atoms with Crippen molar-refractivity contribution < 1.29 is 56.9 Å². The highest BCUT2D eigenvalue weighted by molar-refractivity contribution is 6.34. The van der Waals surface area contributed by atoms with Crippen molar-refractivity contribution in [2.24, 2.45) is 5.73 Å². The number of carboxylic acid groups (broad SMARTS) is 2. The lowest BCUT2D eigenvalue weighted by Crippen LogP contribution is -2.20. The number of nitrogens with two attached hydrogens (primary N) is 1. The van der Waals surface area contributed by atoms with Crippen molar-refractivity contribution in [1.29, 1.82) is 0 Å². The maximum absolute atomic E-state index is 12.7. The van der Waals surface area contributed by atoms with Crippen LogP contribution in [0.2, 0.25) is 15.5 Å². The minimum Gasteiger partial charge on any atom is -0.481 e. The van der Waals surface area contributed by atoms with Gasteiger partial charge in [0, 0.05) is 98.5 Å². The van der Waals surface area contributed by atoms with E-state index in [0.29, 0.717) is 93.3 Å². The molecule has 0 saturated carbocycles. The van der Waals surface area contributed by atoms with Crippen LogP contribution >= 0.6 is 34.8 Å². The summed E-state index contributed by atoms with van der Waals surface area (Å²) >= 11 is 18.5. The summed E-state index contributed by atoms with van der Waals surface area (Å²) < 4.78 is 42.9. The molecule has 0 saturated heterocycles. The molecule has 3 aromatic heterocycles. The Balaban J connectivity index is 0.000000177. The van der Waals surface area contributed by atoms with Crippen LogP contribution in [0, 0.1) is 0 Å². The number of fused-ring (bicyclic) bond motifs is 2. The number of nitrogens with one attached hydrogen (secondary N) is 3. The van der Waals surface area contributed by atoms with Crippen molar-refractivity contribution in [2.45, 2.75) is 51.3 Å². The maximum Gasteiger partial charge on any atom is 0.416 e. The monoisotopic (exact) mass is 1430 g/mol. The number of primary amides is 1. The number of anilines is 5. The van der Waals surface area contributed by atoms with Crippen LogP contribution in [0.5, 0.6) is 0 Å². The van der Waals surface area contributed by atoms with Gasteiger partial charge in [-0.2, -0.15) is 13.2 Å². The normalized spacial score (nSPS) is 10.9. The molecule has 11 rings (SSSR count). The molecule has 0 aliphatic carbocycles. The number of ether oxygens (including phenoxy) is 1. The van der Waals surface area contributed by atoms with Crippen molar-refractivity contribution in [3.8, 4) is 0 Å². The zero-order valence-corrected chi connectivity index (χ0v) is 56.8. The van der Waals surface area contributed by atoms with Gasteiger partial charge in [-0.15, -0.1) is 0 Å². The molecule has 27 heteroatoms. The van der Waals surface area contributed by atoms with E-state index in [1.807, 2.05) is 129 Å². The molecule has 11 aromatic rings. The predicted octanol–water partition coefficient (Wildman–Crippen LogP) is 14.2. The average molecular weight is 1430 g/mol. The Morgan fingerprint density at radius 2 is 0.881 bits per heavy atom. The molecule has 0 aliphatic heterocycles. The molecule has 0 atom stereocenters. The first-order valence-corrected chi connectivity index (χ1v) is 32.0. The van der Waals surface area contributed by atoms with Crippen LogP contribution in [-0.2, 0) is 70.4 Å². The quantitative estimate of drug-likeness (QED) is 0.0364. The highest BCUT2D eigenvalue weighted by Gasteiger charge is 2.30. The maximum atomic E-state index is 12.7. The molecule has 101 heavy (non-hydrogen) atoms. The summed E-state index contributed by atoms with van der Waals surface area (Å²) in [6.45, 7) is -0.175. The number of amides is 4. The highest BCUT2D eigenvalue weighted by Crippen LogP contribution is 2.31. The molecule has 4 amide bonds.